The van der Waals surface area contributed by atoms with Crippen LogP contribution in [-0.4, -0.2) is 50.5 Å². The quantitative estimate of drug-likeness (QED) is 0.439. The van der Waals surface area contributed by atoms with Crippen LogP contribution in [0.25, 0.3) is 11.3 Å². The number of methoxy groups -OCH3 is 4. The highest BCUT2D eigenvalue weighted by molar-refractivity contribution is 7.07. The molecule has 0 aliphatic heterocycles. The molecule has 0 saturated heterocycles. The first-order valence-electron chi connectivity index (χ1n) is 11.5. The van der Waals surface area contributed by atoms with E-state index < -0.39 is 0 Å². The van der Waals surface area contributed by atoms with Gasteiger partial charge in [-0.05, 0) is 43.2 Å². The minimum Gasteiger partial charge on any atom is -0.507 e. The zero-order valence-corrected chi connectivity index (χ0v) is 21.3. The lowest BCUT2D eigenvalue weighted by molar-refractivity contribution is 0.324. The van der Waals surface area contributed by atoms with Gasteiger partial charge in [0.2, 0.25) is 10.6 Å². The lowest BCUT2D eigenvalue weighted by Gasteiger charge is -2.17. The van der Waals surface area contributed by atoms with Gasteiger partial charge in [0.1, 0.15) is 11.5 Å². The van der Waals surface area contributed by atoms with Gasteiger partial charge in [-0.1, -0.05) is 19.3 Å². The molecule has 1 aliphatic carbocycles. The van der Waals surface area contributed by atoms with Gasteiger partial charge in [0.05, 0.1) is 46.4 Å². The van der Waals surface area contributed by atoms with E-state index in [9.17, 15) is 5.11 Å². The minimum absolute atomic E-state index is 0.116. The molecule has 0 amide bonds. The monoisotopic (exact) mass is 497 g/mol. The van der Waals surface area contributed by atoms with Crippen LogP contribution in [-0.2, 0) is 0 Å². The van der Waals surface area contributed by atoms with Gasteiger partial charge in [-0.3, -0.25) is 4.99 Å². The molecular weight excluding hydrogens is 466 g/mol. The minimum atomic E-state index is 0.116. The first kappa shape index (κ1) is 24.7. The Balaban J connectivity index is 1.85. The van der Waals surface area contributed by atoms with E-state index >= 15 is 0 Å². The predicted octanol–water partition coefficient (Wildman–Crippen LogP) is 5.07. The highest BCUT2D eigenvalue weighted by Crippen LogP contribution is 2.41. The van der Waals surface area contributed by atoms with Crippen molar-refractivity contribution in [2.45, 2.75) is 38.1 Å². The second kappa shape index (κ2) is 11.3. The third-order valence-electron chi connectivity index (χ3n) is 6.06. The summed E-state index contributed by atoms with van der Waals surface area (Å²) < 4.78 is 23.7. The smallest absolute Gasteiger partial charge is 0.206 e. The number of thiazole rings is 1. The van der Waals surface area contributed by atoms with Crippen molar-refractivity contribution in [3.8, 4) is 40.0 Å². The summed E-state index contributed by atoms with van der Waals surface area (Å²) in [5.74, 6) is 2.39. The molecule has 1 aromatic heterocycles. The molecule has 0 radical (unpaired) electrons. The van der Waals surface area contributed by atoms with Crippen molar-refractivity contribution < 1.29 is 24.1 Å². The second-order valence-corrected chi connectivity index (χ2v) is 9.06. The Hall–Kier alpha value is -3.46. The number of aromatic hydroxyl groups is 1. The largest absolute Gasteiger partial charge is 0.507 e. The Labute approximate surface area is 209 Å². The Bertz CT molecular complexity index is 1230. The molecule has 0 unspecified atom stereocenters. The van der Waals surface area contributed by atoms with Crippen LogP contribution in [0.3, 0.4) is 0 Å². The van der Waals surface area contributed by atoms with Gasteiger partial charge in [-0.15, -0.1) is 11.3 Å². The summed E-state index contributed by atoms with van der Waals surface area (Å²) in [6.07, 6.45) is 7.43. The molecule has 8 nitrogen and oxygen atoms in total. The number of phenolic OH excluding ortho intramolecular Hbond substituents is 1. The van der Waals surface area contributed by atoms with E-state index in [0.29, 0.717) is 28.6 Å². The van der Waals surface area contributed by atoms with Gasteiger partial charge in [0.15, 0.2) is 11.5 Å². The van der Waals surface area contributed by atoms with Crippen LogP contribution in [0.4, 0.5) is 0 Å². The summed E-state index contributed by atoms with van der Waals surface area (Å²) in [6.45, 7) is 0. The first-order valence-corrected chi connectivity index (χ1v) is 12.4. The Morgan fingerprint density at radius 1 is 0.943 bits per heavy atom. The van der Waals surface area contributed by atoms with E-state index in [1.807, 2.05) is 17.5 Å². The number of hydrogen-bond acceptors (Lipinski definition) is 8. The summed E-state index contributed by atoms with van der Waals surface area (Å²) in [5, 5.41) is 17.1. The van der Waals surface area contributed by atoms with Crippen LogP contribution in [0.2, 0.25) is 0 Å². The molecule has 3 aromatic rings. The SMILES string of the molecule is COc1ccc(O)c(C=Nn2c(-c3cc(OC)c(OC)c(OC)c3)csc2=NC2CCCCC2)c1. The zero-order chi connectivity index (χ0) is 24.8. The van der Waals surface area contributed by atoms with Gasteiger partial charge >= 0.3 is 0 Å². The molecule has 35 heavy (non-hydrogen) atoms. The van der Waals surface area contributed by atoms with Crippen LogP contribution in [0.1, 0.15) is 37.7 Å². The number of nitrogens with zero attached hydrogens (tertiary/aromatic N) is 3. The van der Waals surface area contributed by atoms with Crippen molar-refractivity contribution >= 4 is 17.6 Å². The van der Waals surface area contributed by atoms with Gasteiger partial charge < -0.3 is 24.1 Å². The maximum atomic E-state index is 10.3. The molecule has 4 rings (SSSR count). The molecule has 0 spiro atoms. The van der Waals surface area contributed by atoms with Crippen LogP contribution in [0.5, 0.6) is 28.7 Å². The molecule has 186 valence electrons. The van der Waals surface area contributed by atoms with E-state index in [1.165, 1.54) is 30.6 Å². The maximum Gasteiger partial charge on any atom is 0.206 e. The Kier molecular flexibility index (Phi) is 7.97. The van der Waals surface area contributed by atoms with Crippen LogP contribution < -0.4 is 23.7 Å². The molecule has 1 fully saturated rings. The molecule has 2 aromatic carbocycles. The van der Waals surface area contributed by atoms with E-state index in [1.54, 1.807) is 57.5 Å². The highest BCUT2D eigenvalue weighted by Gasteiger charge is 2.18. The van der Waals surface area contributed by atoms with Crippen LogP contribution in [0.15, 0.2) is 45.8 Å². The van der Waals surface area contributed by atoms with E-state index in [2.05, 4.69) is 0 Å². The van der Waals surface area contributed by atoms with Gasteiger partial charge in [-0.2, -0.15) is 5.10 Å². The second-order valence-electron chi connectivity index (χ2n) is 8.22. The summed E-state index contributed by atoms with van der Waals surface area (Å²) in [5.41, 5.74) is 2.21. The van der Waals surface area contributed by atoms with Gasteiger partial charge in [-0.25, -0.2) is 4.68 Å². The molecule has 0 atom stereocenters. The summed E-state index contributed by atoms with van der Waals surface area (Å²) >= 11 is 1.53. The summed E-state index contributed by atoms with van der Waals surface area (Å²) in [7, 11) is 6.36. The van der Waals surface area contributed by atoms with Crippen molar-refractivity contribution in [3.63, 3.8) is 0 Å². The first-order chi connectivity index (χ1) is 17.1. The Morgan fingerprint density at radius 3 is 2.29 bits per heavy atom. The van der Waals surface area contributed by atoms with Crippen molar-refractivity contribution in [3.05, 3.63) is 46.1 Å². The maximum absolute atomic E-state index is 10.3. The average molecular weight is 498 g/mol. The number of aromatic nitrogens is 1. The fourth-order valence-electron chi connectivity index (χ4n) is 4.18. The fourth-order valence-corrected chi connectivity index (χ4v) is 5.08. The lowest BCUT2D eigenvalue weighted by Crippen LogP contribution is -2.19. The predicted molar refractivity (Wildman–Crippen MR) is 137 cm³/mol. The van der Waals surface area contributed by atoms with Crippen LogP contribution in [0, 0.1) is 0 Å². The van der Waals surface area contributed by atoms with Gasteiger partial charge in [0.25, 0.3) is 0 Å². The summed E-state index contributed by atoms with van der Waals surface area (Å²) in [6, 6.07) is 9.09. The molecule has 9 heteroatoms. The van der Waals surface area contributed by atoms with Crippen LogP contribution >= 0.6 is 11.3 Å². The van der Waals surface area contributed by atoms with E-state index in [-0.39, 0.29) is 11.8 Å². The van der Waals surface area contributed by atoms with Crippen molar-refractivity contribution in [1.29, 1.82) is 0 Å². The van der Waals surface area contributed by atoms with Gasteiger partial charge in [0, 0.05) is 16.5 Å². The highest BCUT2D eigenvalue weighted by atomic mass is 32.1. The summed E-state index contributed by atoms with van der Waals surface area (Å²) in [4.78, 5) is 5.84. The van der Waals surface area contributed by atoms with Crippen molar-refractivity contribution in [2.75, 3.05) is 28.4 Å². The van der Waals surface area contributed by atoms with Crippen molar-refractivity contribution in [1.82, 2.24) is 4.68 Å². The molecule has 1 N–H and O–H groups in total. The van der Waals surface area contributed by atoms with E-state index in [4.69, 9.17) is 29.0 Å². The zero-order valence-electron chi connectivity index (χ0n) is 20.5. The number of hydrogen-bond donors (Lipinski definition) is 1. The molecule has 1 heterocycles. The molecule has 1 aliphatic rings. The van der Waals surface area contributed by atoms with E-state index in [0.717, 1.165) is 28.9 Å². The standard InChI is InChI=1S/C26H31N3O5S/c1-31-20-10-11-22(30)18(12-20)15-27-29-21(16-35-26(29)28-19-8-6-5-7-9-19)17-13-23(32-2)25(34-4)24(14-17)33-3/h10-16,19,30H,5-9H2,1-4H3. The third kappa shape index (κ3) is 5.45. The third-order valence-corrected chi connectivity index (χ3v) is 6.89. The number of phenols is 1. The molecular formula is C26H31N3O5S. The average Bonchev–Trinajstić information content (AvgIpc) is 3.29. The van der Waals surface area contributed by atoms with Crippen molar-refractivity contribution in [2.24, 2.45) is 10.1 Å². The fraction of sp³-hybridized carbons (Fsp3) is 0.385. The topological polar surface area (TPSA) is 86.8 Å². The Morgan fingerprint density at radius 2 is 1.66 bits per heavy atom. The number of ether oxygens (including phenoxy) is 4. The lowest BCUT2D eigenvalue weighted by atomic mass is 9.96. The molecule has 0 bridgehead atoms. The number of rotatable bonds is 8. The molecule has 1 saturated carbocycles. The number of benzene rings is 2. The normalized spacial score (nSPS) is 14.9.